The average molecular weight is 259 g/mol. The highest BCUT2D eigenvalue weighted by Crippen LogP contribution is 2.22. The number of aryl methyl sites for hydroxylation is 3. The molecule has 0 fully saturated rings. The fourth-order valence-electron chi connectivity index (χ4n) is 2.27. The molecular weight excluding hydrogens is 241 g/mol. The number of benzene rings is 1. The Bertz CT molecular complexity index is 595. The van der Waals surface area contributed by atoms with Crippen LogP contribution < -0.4 is 0 Å². The van der Waals surface area contributed by atoms with Crippen LogP contribution in [-0.2, 0) is 6.42 Å². The maximum atomic E-state index is 13.0. The lowest BCUT2D eigenvalue weighted by molar-refractivity contribution is 0.172. The second-order valence-corrected chi connectivity index (χ2v) is 5.01. The van der Waals surface area contributed by atoms with Crippen LogP contribution in [0.3, 0.4) is 0 Å². The van der Waals surface area contributed by atoms with Crippen LogP contribution in [0.5, 0.6) is 0 Å². The van der Waals surface area contributed by atoms with Gasteiger partial charge in [-0.05, 0) is 55.2 Å². The van der Waals surface area contributed by atoms with Gasteiger partial charge in [-0.1, -0.05) is 12.1 Å². The molecule has 0 aliphatic heterocycles. The van der Waals surface area contributed by atoms with Gasteiger partial charge in [-0.25, -0.2) is 4.39 Å². The lowest BCUT2D eigenvalue weighted by Gasteiger charge is -2.14. The van der Waals surface area contributed by atoms with Gasteiger partial charge in [0.15, 0.2) is 0 Å². The van der Waals surface area contributed by atoms with Gasteiger partial charge in [-0.3, -0.25) is 4.98 Å². The van der Waals surface area contributed by atoms with Crippen molar-refractivity contribution in [2.45, 2.75) is 33.3 Å². The largest absolute Gasteiger partial charge is 0.386 e. The SMILES string of the molecule is Cc1cnc(C(O)Cc2ccc(F)cc2C)c(C)c1. The molecule has 1 N–H and O–H groups in total. The summed E-state index contributed by atoms with van der Waals surface area (Å²) >= 11 is 0. The highest BCUT2D eigenvalue weighted by molar-refractivity contribution is 5.30. The van der Waals surface area contributed by atoms with Gasteiger partial charge >= 0.3 is 0 Å². The first-order valence-electron chi connectivity index (χ1n) is 6.33. The summed E-state index contributed by atoms with van der Waals surface area (Å²) < 4.78 is 13.0. The minimum absolute atomic E-state index is 0.250. The summed E-state index contributed by atoms with van der Waals surface area (Å²) in [7, 11) is 0. The molecule has 1 aromatic carbocycles. The molecule has 19 heavy (non-hydrogen) atoms. The van der Waals surface area contributed by atoms with Gasteiger partial charge in [-0.2, -0.15) is 0 Å². The van der Waals surface area contributed by atoms with Crippen molar-refractivity contribution in [3.05, 3.63) is 64.2 Å². The molecule has 0 amide bonds. The van der Waals surface area contributed by atoms with E-state index in [-0.39, 0.29) is 5.82 Å². The molecule has 0 aliphatic carbocycles. The number of rotatable bonds is 3. The summed E-state index contributed by atoms with van der Waals surface area (Å²) in [6.07, 6.45) is 1.54. The standard InChI is InChI=1S/C16H18FNO/c1-10-6-12(3)16(18-9-10)15(19)8-13-4-5-14(17)7-11(13)2/h4-7,9,15,19H,8H2,1-3H3. The molecule has 0 saturated carbocycles. The van der Waals surface area contributed by atoms with E-state index < -0.39 is 6.10 Å². The summed E-state index contributed by atoms with van der Waals surface area (Å²) in [5.74, 6) is -0.250. The summed E-state index contributed by atoms with van der Waals surface area (Å²) in [6.45, 7) is 5.76. The van der Waals surface area contributed by atoms with Crippen LogP contribution >= 0.6 is 0 Å². The molecule has 0 aliphatic rings. The fourth-order valence-corrected chi connectivity index (χ4v) is 2.27. The summed E-state index contributed by atoms with van der Waals surface area (Å²) in [4.78, 5) is 4.30. The van der Waals surface area contributed by atoms with Gasteiger partial charge in [0.25, 0.3) is 0 Å². The van der Waals surface area contributed by atoms with Crippen molar-refractivity contribution in [2.24, 2.45) is 0 Å². The molecule has 1 unspecified atom stereocenters. The van der Waals surface area contributed by atoms with E-state index in [0.717, 1.165) is 22.3 Å². The zero-order valence-corrected chi connectivity index (χ0v) is 11.4. The summed E-state index contributed by atoms with van der Waals surface area (Å²) in [6, 6.07) is 6.63. The molecule has 2 rings (SSSR count). The third-order valence-electron chi connectivity index (χ3n) is 3.29. The Kier molecular flexibility index (Phi) is 3.96. The van der Waals surface area contributed by atoms with E-state index >= 15 is 0 Å². The summed E-state index contributed by atoms with van der Waals surface area (Å²) in [5.41, 5.74) is 4.53. The van der Waals surface area contributed by atoms with Gasteiger partial charge in [0.05, 0.1) is 5.69 Å². The number of hydrogen-bond acceptors (Lipinski definition) is 2. The Balaban J connectivity index is 2.23. The average Bonchev–Trinajstić information content (AvgIpc) is 2.32. The molecule has 0 radical (unpaired) electrons. The normalized spacial score (nSPS) is 12.5. The van der Waals surface area contributed by atoms with E-state index in [1.165, 1.54) is 12.1 Å². The first-order chi connectivity index (χ1) is 8.97. The van der Waals surface area contributed by atoms with E-state index in [0.29, 0.717) is 12.1 Å². The van der Waals surface area contributed by atoms with Crippen molar-refractivity contribution in [1.82, 2.24) is 4.98 Å². The van der Waals surface area contributed by atoms with Crippen molar-refractivity contribution in [2.75, 3.05) is 0 Å². The molecule has 2 aromatic rings. The third-order valence-corrected chi connectivity index (χ3v) is 3.29. The fraction of sp³-hybridized carbons (Fsp3) is 0.312. The maximum absolute atomic E-state index is 13.0. The van der Waals surface area contributed by atoms with Gasteiger partial charge in [0.1, 0.15) is 11.9 Å². The Hall–Kier alpha value is -1.74. The van der Waals surface area contributed by atoms with Crippen LogP contribution in [0, 0.1) is 26.6 Å². The number of nitrogens with zero attached hydrogens (tertiary/aromatic N) is 1. The van der Waals surface area contributed by atoms with Gasteiger partial charge in [0, 0.05) is 12.6 Å². The van der Waals surface area contributed by atoms with E-state index in [1.54, 1.807) is 12.3 Å². The van der Waals surface area contributed by atoms with E-state index in [9.17, 15) is 9.50 Å². The van der Waals surface area contributed by atoms with E-state index in [1.807, 2.05) is 26.8 Å². The van der Waals surface area contributed by atoms with Crippen LogP contribution in [0.15, 0.2) is 30.5 Å². The second-order valence-electron chi connectivity index (χ2n) is 5.01. The number of pyridine rings is 1. The zero-order chi connectivity index (χ0) is 14.0. The van der Waals surface area contributed by atoms with Crippen molar-refractivity contribution >= 4 is 0 Å². The van der Waals surface area contributed by atoms with Crippen LogP contribution in [0.4, 0.5) is 4.39 Å². The molecule has 0 saturated heterocycles. The van der Waals surface area contributed by atoms with Gasteiger partial charge in [-0.15, -0.1) is 0 Å². The molecule has 0 spiro atoms. The number of aliphatic hydroxyl groups excluding tert-OH is 1. The van der Waals surface area contributed by atoms with Crippen molar-refractivity contribution < 1.29 is 9.50 Å². The number of aliphatic hydroxyl groups is 1. The Labute approximate surface area is 112 Å². The minimum atomic E-state index is -0.662. The van der Waals surface area contributed by atoms with E-state index in [4.69, 9.17) is 0 Å². The predicted octanol–water partition coefficient (Wildman–Crippen LogP) is 3.42. The Morgan fingerprint density at radius 3 is 2.53 bits per heavy atom. The third kappa shape index (κ3) is 3.18. The minimum Gasteiger partial charge on any atom is -0.386 e. The smallest absolute Gasteiger partial charge is 0.123 e. The molecule has 1 heterocycles. The number of hydrogen-bond donors (Lipinski definition) is 1. The lowest BCUT2D eigenvalue weighted by Crippen LogP contribution is -2.07. The van der Waals surface area contributed by atoms with Crippen molar-refractivity contribution in [1.29, 1.82) is 0 Å². The molecule has 3 heteroatoms. The van der Waals surface area contributed by atoms with Crippen LogP contribution in [0.25, 0.3) is 0 Å². The molecule has 1 aromatic heterocycles. The monoisotopic (exact) mass is 259 g/mol. The molecule has 0 bridgehead atoms. The number of aromatic nitrogens is 1. The highest BCUT2D eigenvalue weighted by Gasteiger charge is 2.14. The Morgan fingerprint density at radius 1 is 1.16 bits per heavy atom. The highest BCUT2D eigenvalue weighted by atomic mass is 19.1. The lowest BCUT2D eigenvalue weighted by atomic mass is 9.98. The quantitative estimate of drug-likeness (QED) is 0.916. The predicted molar refractivity (Wildman–Crippen MR) is 73.5 cm³/mol. The van der Waals surface area contributed by atoms with Crippen molar-refractivity contribution in [3.63, 3.8) is 0 Å². The molecule has 2 nitrogen and oxygen atoms in total. The van der Waals surface area contributed by atoms with Crippen LogP contribution in [0.2, 0.25) is 0 Å². The Morgan fingerprint density at radius 2 is 1.89 bits per heavy atom. The number of halogens is 1. The zero-order valence-electron chi connectivity index (χ0n) is 11.4. The van der Waals surface area contributed by atoms with Gasteiger partial charge in [0.2, 0.25) is 0 Å². The van der Waals surface area contributed by atoms with E-state index in [2.05, 4.69) is 4.98 Å². The summed E-state index contributed by atoms with van der Waals surface area (Å²) in [5, 5.41) is 10.3. The van der Waals surface area contributed by atoms with Crippen LogP contribution in [-0.4, -0.2) is 10.1 Å². The topological polar surface area (TPSA) is 33.1 Å². The first-order valence-corrected chi connectivity index (χ1v) is 6.33. The molecular formula is C16H18FNO. The van der Waals surface area contributed by atoms with Gasteiger partial charge < -0.3 is 5.11 Å². The first kappa shape index (κ1) is 13.7. The second kappa shape index (κ2) is 5.49. The maximum Gasteiger partial charge on any atom is 0.123 e. The van der Waals surface area contributed by atoms with Crippen LogP contribution in [0.1, 0.15) is 34.1 Å². The molecule has 1 atom stereocenters. The molecule has 100 valence electrons. The van der Waals surface area contributed by atoms with Crippen molar-refractivity contribution in [3.8, 4) is 0 Å².